The van der Waals surface area contributed by atoms with E-state index in [-0.39, 0.29) is 18.2 Å². The average Bonchev–Trinajstić information content (AvgIpc) is 2.88. The normalized spacial score (nSPS) is 13.1. The Hall–Kier alpha value is -3.26. The van der Waals surface area contributed by atoms with Crippen LogP contribution in [0.4, 0.5) is 14.5 Å². The summed E-state index contributed by atoms with van der Waals surface area (Å²) in [5.41, 5.74) is 2.78. The second-order valence-corrected chi connectivity index (χ2v) is 9.71. The van der Waals surface area contributed by atoms with Crippen LogP contribution in [0.2, 0.25) is 0 Å². The van der Waals surface area contributed by atoms with E-state index in [0.29, 0.717) is 24.7 Å². The van der Waals surface area contributed by atoms with Gasteiger partial charge >= 0.3 is 5.97 Å². The highest BCUT2D eigenvalue weighted by Crippen LogP contribution is 2.44. The number of nitrogens with zero attached hydrogens (tertiary/aromatic N) is 1. The van der Waals surface area contributed by atoms with Crippen LogP contribution in [0, 0.1) is 11.6 Å². The molecule has 0 amide bonds. The van der Waals surface area contributed by atoms with Gasteiger partial charge in [-0.3, -0.25) is 0 Å². The second kappa shape index (κ2) is 11.0. The number of rotatable bonds is 9. The zero-order chi connectivity index (χ0) is 24.8. The van der Waals surface area contributed by atoms with E-state index < -0.39 is 10.7 Å². The summed E-state index contributed by atoms with van der Waals surface area (Å²) in [6.45, 7) is 3.80. The van der Waals surface area contributed by atoms with Gasteiger partial charge in [-0.05, 0) is 54.4 Å². The van der Waals surface area contributed by atoms with Crippen LogP contribution < -0.4 is 14.4 Å². The molecule has 0 aromatic heterocycles. The molecule has 0 radical (unpaired) electrons. The SMILES string of the molecule is COC(=O)COc1cccc2c1OCCN2CCSC(C)(c1ccc(F)cc1)c1ccc(F)cc1. The van der Waals surface area contributed by atoms with Crippen molar-refractivity contribution in [2.24, 2.45) is 0 Å². The summed E-state index contributed by atoms with van der Waals surface area (Å²) < 4.78 is 42.8. The highest BCUT2D eigenvalue weighted by atomic mass is 32.2. The molecule has 1 aliphatic rings. The lowest BCUT2D eigenvalue weighted by Gasteiger charge is -2.34. The van der Waals surface area contributed by atoms with Crippen LogP contribution in [-0.2, 0) is 14.3 Å². The maximum Gasteiger partial charge on any atom is 0.343 e. The van der Waals surface area contributed by atoms with Gasteiger partial charge in [-0.15, -0.1) is 11.8 Å². The van der Waals surface area contributed by atoms with Crippen LogP contribution in [0.5, 0.6) is 11.5 Å². The van der Waals surface area contributed by atoms with Crippen molar-refractivity contribution in [1.29, 1.82) is 0 Å². The number of esters is 1. The van der Waals surface area contributed by atoms with E-state index in [0.717, 1.165) is 29.1 Å². The summed E-state index contributed by atoms with van der Waals surface area (Å²) in [6, 6.07) is 18.5. The second-order valence-electron chi connectivity index (χ2n) is 8.20. The molecule has 0 aliphatic carbocycles. The number of para-hydroxylation sites is 1. The molecule has 1 aliphatic heterocycles. The van der Waals surface area contributed by atoms with Gasteiger partial charge in [0, 0.05) is 12.3 Å². The first-order valence-corrected chi connectivity index (χ1v) is 12.3. The number of hydrogen-bond donors (Lipinski definition) is 0. The van der Waals surface area contributed by atoms with Gasteiger partial charge < -0.3 is 19.1 Å². The summed E-state index contributed by atoms with van der Waals surface area (Å²) in [7, 11) is 1.31. The van der Waals surface area contributed by atoms with Gasteiger partial charge in [-0.1, -0.05) is 30.3 Å². The Morgan fingerprint density at radius 2 is 1.66 bits per heavy atom. The third kappa shape index (κ3) is 5.70. The lowest BCUT2D eigenvalue weighted by molar-refractivity contribution is -0.142. The molecule has 1 heterocycles. The zero-order valence-corrected chi connectivity index (χ0v) is 20.4. The molecular weight excluding hydrogens is 472 g/mol. The molecule has 0 N–H and O–H groups in total. The third-order valence-corrected chi connectivity index (χ3v) is 7.46. The highest BCUT2D eigenvalue weighted by molar-refractivity contribution is 8.00. The van der Waals surface area contributed by atoms with Crippen LogP contribution in [0.15, 0.2) is 66.7 Å². The smallest absolute Gasteiger partial charge is 0.343 e. The molecule has 0 bridgehead atoms. The van der Waals surface area contributed by atoms with Crippen LogP contribution in [0.25, 0.3) is 0 Å². The molecule has 4 rings (SSSR count). The average molecular weight is 500 g/mol. The number of methoxy groups -OCH3 is 1. The van der Waals surface area contributed by atoms with Crippen molar-refractivity contribution >= 4 is 23.4 Å². The number of fused-ring (bicyclic) bond motifs is 1. The lowest BCUT2D eigenvalue weighted by atomic mass is 9.92. The number of carbonyl (C=O) groups is 1. The Morgan fingerprint density at radius 1 is 1.03 bits per heavy atom. The first-order valence-electron chi connectivity index (χ1n) is 11.3. The molecule has 8 heteroatoms. The number of halogens is 2. The van der Waals surface area contributed by atoms with Crippen LogP contribution in [-0.4, -0.2) is 45.1 Å². The van der Waals surface area contributed by atoms with Gasteiger partial charge in [-0.25, -0.2) is 13.6 Å². The number of ether oxygens (including phenoxy) is 3. The molecule has 3 aromatic carbocycles. The molecule has 0 fully saturated rings. The van der Waals surface area contributed by atoms with E-state index in [4.69, 9.17) is 9.47 Å². The van der Waals surface area contributed by atoms with Gasteiger partial charge in [0.25, 0.3) is 0 Å². The predicted molar refractivity (Wildman–Crippen MR) is 133 cm³/mol. The van der Waals surface area contributed by atoms with Crippen molar-refractivity contribution in [2.45, 2.75) is 11.7 Å². The molecule has 0 spiro atoms. The molecule has 5 nitrogen and oxygen atoms in total. The van der Waals surface area contributed by atoms with Crippen molar-refractivity contribution in [3.05, 3.63) is 89.5 Å². The van der Waals surface area contributed by atoms with E-state index in [1.165, 1.54) is 31.4 Å². The summed E-state index contributed by atoms with van der Waals surface area (Å²) in [6.07, 6.45) is 0. The van der Waals surface area contributed by atoms with E-state index in [2.05, 4.69) is 16.6 Å². The molecule has 0 saturated carbocycles. The van der Waals surface area contributed by atoms with Crippen molar-refractivity contribution in [3.8, 4) is 11.5 Å². The van der Waals surface area contributed by atoms with E-state index in [9.17, 15) is 13.6 Å². The molecule has 0 unspecified atom stereocenters. The number of hydrogen-bond acceptors (Lipinski definition) is 6. The first kappa shape index (κ1) is 24.9. The monoisotopic (exact) mass is 499 g/mol. The largest absolute Gasteiger partial charge is 0.486 e. The molecule has 184 valence electrons. The van der Waals surface area contributed by atoms with Crippen LogP contribution in [0.3, 0.4) is 0 Å². The minimum Gasteiger partial charge on any atom is -0.486 e. The first-order chi connectivity index (χ1) is 16.9. The van der Waals surface area contributed by atoms with Crippen molar-refractivity contribution in [3.63, 3.8) is 0 Å². The lowest BCUT2D eigenvalue weighted by Crippen LogP contribution is -2.35. The van der Waals surface area contributed by atoms with Crippen molar-refractivity contribution < 1.29 is 27.8 Å². The standard InChI is InChI=1S/C27H27F2NO4S/c1-27(19-6-10-21(28)11-7-19,20-8-12-22(29)13-9-20)35-17-15-30-14-16-33-26-23(30)4-3-5-24(26)34-18-25(31)32-2/h3-13H,14-18H2,1-2H3. The third-order valence-electron chi connectivity index (χ3n) is 6.02. The predicted octanol–water partition coefficient (Wildman–Crippen LogP) is 5.41. The van der Waals surface area contributed by atoms with Crippen molar-refractivity contribution in [1.82, 2.24) is 0 Å². The fourth-order valence-electron chi connectivity index (χ4n) is 4.05. The Bertz CT molecular complexity index is 1110. The molecule has 3 aromatic rings. The topological polar surface area (TPSA) is 48.0 Å². The van der Waals surface area contributed by atoms with E-state index in [1.54, 1.807) is 42.1 Å². The summed E-state index contributed by atoms with van der Waals surface area (Å²) in [5, 5.41) is 0. The van der Waals surface area contributed by atoms with Gasteiger partial charge in [-0.2, -0.15) is 0 Å². The zero-order valence-electron chi connectivity index (χ0n) is 19.6. The van der Waals surface area contributed by atoms with Crippen LogP contribution >= 0.6 is 11.8 Å². The van der Waals surface area contributed by atoms with Gasteiger partial charge in [0.1, 0.15) is 18.2 Å². The number of anilines is 1. The number of thioether (sulfide) groups is 1. The maximum absolute atomic E-state index is 13.6. The quantitative estimate of drug-likeness (QED) is 0.367. The molecule has 0 atom stereocenters. The number of carbonyl (C=O) groups excluding carboxylic acids is 1. The summed E-state index contributed by atoms with van der Waals surface area (Å²) in [4.78, 5) is 13.7. The summed E-state index contributed by atoms with van der Waals surface area (Å²) in [5.74, 6) is 0.788. The molecular formula is C27H27F2NO4S. The minimum atomic E-state index is -0.498. The Balaban J connectivity index is 1.51. The number of benzene rings is 3. The van der Waals surface area contributed by atoms with Crippen molar-refractivity contribution in [2.75, 3.05) is 44.1 Å². The van der Waals surface area contributed by atoms with Gasteiger partial charge in [0.2, 0.25) is 0 Å². The Morgan fingerprint density at radius 3 is 2.26 bits per heavy atom. The summed E-state index contributed by atoms with van der Waals surface area (Å²) >= 11 is 1.71. The molecule has 35 heavy (non-hydrogen) atoms. The Kier molecular flexibility index (Phi) is 7.80. The van der Waals surface area contributed by atoms with E-state index >= 15 is 0 Å². The fourth-order valence-corrected chi connectivity index (χ4v) is 5.37. The van der Waals surface area contributed by atoms with Gasteiger partial charge in [0.15, 0.2) is 18.1 Å². The Labute approximate surface area is 208 Å². The molecule has 0 saturated heterocycles. The maximum atomic E-state index is 13.6. The van der Waals surface area contributed by atoms with Gasteiger partial charge in [0.05, 0.1) is 24.1 Å². The van der Waals surface area contributed by atoms with Crippen LogP contribution in [0.1, 0.15) is 18.1 Å². The minimum absolute atomic E-state index is 0.195. The highest BCUT2D eigenvalue weighted by Gasteiger charge is 2.30. The fraction of sp³-hybridized carbons (Fsp3) is 0.296. The van der Waals surface area contributed by atoms with E-state index in [1.807, 2.05) is 12.1 Å².